The van der Waals surface area contributed by atoms with Crippen molar-refractivity contribution in [1.29, 1.82) is 0 Å². The normalized spacial score (nSPS) is 13.2. The second-order valence-electron chi connectivity index (χ2n) is 5.51. The number of ether oxygens (including phenoxy) is 1. The molecule has 1 amide bonds. The Bertz CT molecular complexity index is 658. The van der Waals surface area contributed by atoms with E-state index in [0.717, 1.165) is 5.56 Å². The van der Waals surface area contributed by atoms with Gasteiger partial charge in [-0.3, -0.25) is 4.79 Å². The van der Waals surface area contributed by atoms with Gasteiger partial charge < -0.3 is 15.4 Å². The number of nitrogens with two attached hydrogens (primary N) is 1. The first-order valence-electron chi connectivity index (χ1n) is 7.55. The fourth-order valence-corrected chi connectivity index (χ4v) is 2.52. The average molecular weight is 334 g/mol. The zero-order valence-corrected chi connectivity index (χ0v) is 14.3. The first-order valence-corrected chi connectivity index (χ1v) is 7.93. The summed E-state index contributed by atoms with van der Waals surface area (Å²) in [5.74, 6) is 0.592. The Hall–Kier alpha value is -2.04. The summed E-state index contributed by atoms with van der Waals surface area (Å²) in [6, 6.07) is 15.0. The number of hydrogen-bond acceptors (Lipinski definition) is 2. The molecule has 2 aromatic carbocycles. The molecule has 23 heavy (non-hydrogen) atoms. The third kappa shape index (κ3) is 4.71. The predicted molar refractivity (Wildman–Crippen MR) is 92.9 cm³/mol. The number of methoxy groups -OCH3 is 1. The third-order valence-corrected chi connectivity index (χ3v) is 4.00. The summed E-state index contributed by atoms with van der Waals surface area (Å²) in [5, 5.41) is 5.64. The largest absolute Gasteiger partial charge is 0.495 e. The van der Waals surface area contributed by atoms with Crippen molar-refractivity contribution in [3.05, 3.63) is 59.1 Å². The molecule has 0 fully saturated rings. The topological polar surface area (TPSA) is 54.9 Å². The van der Waals surface area contributed by atoms with Gasteiger partial charge in [0.05, 0.1) is 12.8 Å². The minimum Gasteiger partial charge on any atom is -0.495 e. The number of amides is 1. The van der Waals surface area contributed by atoms with E-state index in [2.05, 4.69) is 12.2 Å². The molecule has 0 aliphatic heterocycles. The summed E-state index contributed by atoms with van der Waals surface area (Å²) in [7, 11) is 1.59. The molecule has 5 heteroatoms. The molecule has 0 saturated carbocycles. The van der Waals surface area contributed by atoms with Gasteiger partial charge in [-0.15, -0.1) is 0 Å². The molecule has 0 bridgehead atoms. The fourth-order valence-electron chi connectivity index (χ4n) is 2.39. The smallest absolute Gasteiger partial charge is 0.282 e. The maximum absolute atomic E-state index is 12.4. The monoisotopic (exact) mass is 333 g/mol. The highest BCUT2D eigenvalue weighted by Crippen LogP contribution is 2.23. The number of quaternary nitrogens is 1. The van der Waals surface area contributed by atoms with Crippen molar-refractivity contribution in [2.45, 2.75) is 25.9 Å². The molecule has 2 atom stereocenters. The molecule has 122 valence electrons. The van der Waals surface area contributed by atoms with Crippen LogP contribution >= 0.6 is 11.6 Å². The molecular formula is C18H22ClN2O2+. The number of carbonyl (C=O) groups is 1. The molecule has 0 aliphatic rings. The van der Waals surface area contributed by atoms with E-state index in [1.54, 1.807) is 7.11 Å². The Morgan fingerprint density at radius 3 is 2.43 bits per heavy atom. The number of carbonyl (C=O) groups excluding carboxylic acids is 1. The van der Waals surface area contributed by atoms with Crippen molar-refractivity contribution in [1.82, 2.24) is 0 Å². The van der Waals surface area contributed by atoms with Gasteiger partial charge in [0.1, 0.15) is 11.8 Å². The van der Waals surface area contributed by atoms with Gasteiger partial charge in [-0.1, -0.05) is 35.9 Å². The molecule has 4 nitrogen and oxygen atoms in total. The fraction of sp³-hybridized carbons (Fsp3) is 0.278. The quantitative estimate of drug-likeness (QED) is 0.853. The molecule has 0 aliphatic carbocycles. The predicted octanol–water partition coefficient (Wildman–Crippen LogP) is 3.00. The minimum atomic E-state index is -0.231. The molecule has 0 unspecified atom stereocenters. The third-order valence-electron chi connectivity index (χ3n) is 3.75. The second-order valence-corrected chi connectivity index (χ2v) is 5.95. The standard InChI is InChI=1S/C18H21ClN2O2/c1-12(14-8-10-15(19)11-9-14)20-13(2)18(22)21-16-6-4-5-7-17(16)23-3/h4-13,20H,1-3H3,(H,21,22)/p+1/t12-,13-/m0/s1. The number of halogens is 1. The molecular weight excluding hydrogens is 312 g/mol. The van der Waals surface area contributed by atoms with E-state index >= 15 is 0 Å². The van der Waals surface area contributed by atoms with Crippen LogP contribution in [0.4, 0.5) is 5.69 Å². The summed E-state index contributed by atoms with van der Waals surface area (Å²) < 4.78 is 5.25. The van der Waals surface area contributed by atoms with Gasteiger partial charge in [-0.2, -0.15) is 0 Å². The molecule has 0 radical (unpaired) electrons. The van der Waals surface area contributed by atoms with Crippen LogP contribution in [-0.4, -0.2) is 19.1 Å². The Morgan fingerprint density at radius 1 is 1.13 bits per heavy atom. The molecule has 2 aromatic rings. The van der Waals surface area contributed by atoms with Crippen LogP contribution in [0.2, 0.25) is 5.02 Å². The van der Waals surface area contributed by atoms with Gasteiger partial charge in [-0.25, -0.2) is 0 Å². The van der Waals surface area contributed by atoms with Gasteiger partial charge in [0.2, 0.25) is 0 Å². The number of nitrogens with one attached hydrogen (secondary N) is 1. The van der Waals surface area contributed by atoms with Crippen molar-refractivity contribution < 1.29 is 14.8 Å². The highest BCUT2D eigenvalue weighted by atomic mass is 35.5. The lowest BCUT2D eigenvalue weighted by Gasteiger charge is -2.17. The van der Waals surface area contributed by atoms with E-state index in [9.17, 15) is 4.79 Å². The minimum absolute atomic E-state index is 0.0599. The zero-order valence-electron chi connectivity index (χ0n) is 13.5. The lowest BCUT2D eigenvalue weighted by Crippen LogP contribution is -2.91. The first kappa shape index (κ1) is 17.3. The van der Waals surface area contributed by atoms with Crippen molar-refractivity contribution in [3.8, 4) is 5.75 Å². The highest BCUT2D eigenvalue weighted by molar-refractivity contribution is 6.30. The summed E-state index contributed by atoms with van der Waals surface area (Å²) >= 11 is 5.91. The van der Waals surface area contributed by atoms with E-state index < -0.39 is 0 Å². The van der Waals surface area contributed by atoms with Crippen molar-refractivity contribution in [2.75, 3.05) is 12.4 Å². The van der Waals surface area contributed by atoms with Gasteiger partial charge in [0.25, 0.3) is 5.91 Å². The van der Waals surface area contributed by atoms with Crippen LogP contribution in [0.5, 0.6) is 5.75 Å². The number of hydrogen-bond donors (Lipinski definition) is 2. The van der Waals surface area contributed by atoms with E-state index in [1.807, 2.05) is 60.8 Å². The second kappa shape index (κ2) is 7.99. The van der Waals surface area contributed by atoms with Gasteiger partial charge in [0.15, 0.2) is 6.04 Å². The van der Waals surface area contributed by atoms with E-state index in [1.165, 1.54) is 0 Å². The Kier molecular flexibility index (Phi) is 6.02. The van der Waals surface area contributed by atoms with E-state index in [-0.39, 0.29) is 18.0 Å². The van der Waals surface area contributed by atoms with Crippen LogP contribution < -0.4 is 15.4 Å². The Balaban J connectivity index is 1.98. The first-order chi connectivity index (χ1) is 11.0. The molecule has 2 rings (SSSR count). The van der Waals surface area contributed by atoms with E-state index in [0.29, 0.717) is 16.5 Å². The molecule has 3 N–H and O–H groups in total. The van der Waals surface area contributed by atoms with E-state index in [4.69, 9.17) is 16.3 Å². The number of benzene rings is 2. The summed E-state index contributed by atoms with van der Waals surface area (Å²) in [6.45, 7) is 3.95. The number of anilines is 1. The van der Waals surface area contributed by atoms with Gasteiger partial charge in [0, 0.05) is 10.6 Å². The SMILES string of the molecule is COc1ccccc1NC(=O)[C@H](C)[NH2+][C@@H](C)c1ccc(Cl)cc1. The van der Waals surface area contributed by atoms with Crippen molar-refractivity contribution in [3.63, 3.8) is 0 Å². The van der Waals surface area contributed by atoms with Crippen LogP contribution in [-0.2, 0) is 4.79 Å². The lowest BCUT2D eigenvalue weighted by atomic mass is 10.1. The summed E-state index contributed by atoms with van der Waals surface area (Å²) in [6.07, 6.45) is 0. The van der Waals surface area contributed by atoms with Crippen LogP contribution in [0.15, 0.2) is 48.5 Å². The molecule has 0 aromatic heterocycles. The van der Waals surface area contributed by atoms with Crippen LogP contribution in [0.25, 0.3) is 0 Å². The average Bonchev–Trinajstić information content (AvgIpc) is 2.55. The number of para-hydroxylation sites is 2. The van der Waals surface area contributed by atoms with Crippen LogP contribution in [0.3, 0.4) is 0 Å². The summed E-state index contributed by atoms with van der Waals surface area (Å²) in [4.78, 5) is 12.4. The van der Waals surface area contributed by atoms with Crippen molar-refractivity contribution in [2.24, 2.45) is 0 Å². The Labute approximate surface area is 141 Å². The molecule has 0 spiro atoms. The van der Waals surface area contributed by atoms with Crippen LogP contribution in [0, 0.1) is 0 Å². The maximum Gasteiger partial charge on any atom is 0.282 e. The number of rotatable bonds is 6. The zero-order chi connectivity index (χ0) is 16.8. The van der Waals surface area contributed by atoms with Gasteiger partial charge in [-0.05, 0) is 38.1 Å². The van der Waals surface area contributed by atoms with Crippen molar-refractivity contribution >= 4 is 23.2 Å². The molecule has 0 saturated heterocycles. The highest BCUT2D eigenvalue weighted by Gasteiger charge is 2.21. The summed E-state index contributed by atoms with van der Waals surface area (Å²) in [5.41, 5.74) is 1.81. The van der Waals surface area contributed by atoms with Crippen LogP contribution in [0.1, 0.15) is 25.5 Å². The maximum atomic E-state index is 12.4. The molecule has 0 heterocycles. The Morgan fingerprint density at radius 2 is 1.78 bits per heavy atom. The lowest BCUT2D eigenvalue weighted by molar-refractivity contribution is -0.709. The van der Waals surface area contributed by atoms with Gasteiger partial charge >= 0.3 is 0 Å².